The maximum Gasteiger partial charge on any atom is 0.355 e. The van der Waals surface area contributed by atoms with Crippen LogP contribution in [0.5, 0.6) is 0 Å². The van der Waals surface area contributed by atoms with Crippen molar-refractivity contribution in [3.8, 4) is 0 Å². The van der Waals surface area contributed by atoms with Crippen LogP contribution in [-0.2, 0) is 9.53 Å². The predicted octanol–water partition coefficient (Wildman–Crippen LogP) is 1.15. The molecule has 0 aromatic carbocycles. The van der Waals surface area contributed by atoms with Gasteiger partial charge in [0, 0.05) is 6.21 Å². The average molecular weight is 141 g/mol. The molecule has 10 heavy (non-hydrogen) atoms. The Labute approximate surface area is 60.4 Å². The third kappa shape index (κ3) is 3.02. The lowest BCUT2D eigenvalue weighted by atomic mass is 10.5. The highest BCUT2D eigenvalue weighted by Gasteiger charge is 2.01. The molecule has 0 heterocycles. The highest BCUT2D eigenvalue weighted by atomic mass is 16.5. The fraction of sp³-hybridized carbons (Fsp3) is 0.429. The SMILES string of the molecule is C=C(/N=C\CC)C(=O)OC. The standard InChI is InChI=1S/C7H11NO2/c1-4-5-8-6(2)7(9)10-3/h5H,2,4H2,1,3H3/b8-5-. The van der Waals surface area contributed by atoms with Crippen LogP contribution in [0.15, 0.2) is 17.3 Å². The molecule has 3 nitrogen and oxygen atoms in total. The summed E-state index contributed by atoms with van der Waals surface area (Å²) in [7, 11) is 1.30. The van der Waals surface area contributed by atoms with Crippen molar-refractivity contribution in [1.29, 1.82) is 0 Å². The Kier molecular flexibility index (Phi) is 4.20. The largest absolute Gasteiger partial charge is 0.464 e. The molecular formula is C7H11NO2. The summed E-state index contributed by atoms with van der Waals surface area (Å²) < 4.78 is 4.36. The van der Waals surface area contributed by atoms with Gasteiger partial charge in [-0.05, 0) is 6.42 Å². The number of esters is 1. The fourth-order valence-corrected chi connectivity index (χ4v) is 0.372. The van der Waals surface area contributed by atoms with Crippen LogP contribution in [0.4, 0.5) is 0 Å². The Balaban J connectivity index is 3.85. The summed E-state index contributed by atoms with van der Waals surface area (Å²) in [4.78, 5) is 14.3. The lowest BCUT2D eigenvalue weighted by molar-refractivity contribution is -0.136. The van der Waals surface area contributed by atoms with Crippen molar-refractivity contribution in [3.63, 3.8) is 0 Å². The molecule has 0 aliphatic carbocycles. The predicted molar refractivity (Wildman–Crippen MR) is 39.9 cm³/mol. The Morgan fingerprint density at radius 1 is 1.80 bits per heavy atom. The van der Waals surface area contributed by atoms with E-state index in [2.05, 4.69) is 16.3 Å². The molecule has 3 heteroatoms. The van der Waals surface area contributed by atoms with Gasteiger partial charge in [-0.3, -0.25) is 4.99 Å². The molecule has 0 aromatic rings. The van der Waals surface area contributed by atoms with Crippen LogP contribution < -0.4 is 0 Å². The molecule has 0 aliphatic heterocycles. The second-order valence-electron chi connectivity index (χ2n) is 1.66. The second-order valence-corrected chi connectivity index (χ2v) is 1.66. The van der Waals surface area contributed by atoms with Crippen LogP contribution in [-0.4, -0.2) is 19.3 Å². The Morgan fingerprint density at radius 3 is 2.80 bits per heavy atom. The van der Waals surface area contributed by atoms with Crippen LogP contribution in [0, 0.1) is 0 Å². The van der Waals surface area contributed by atoms with Gasteiger partial charge in [-0.15, -0.1) is 0 Å². The molecule has 0 amide bonds. The minimum absolute atomic E-state index is 0.143. The average Bonchev–Trinajstić information content (AvgIpc) is 1.98. The van der Waals surface area contributed by atoms with E-state index < -0.39 is 5.97 Å². The number of rotatable bonds is 3. The van der Waals surface area contributed by atoms with Gasteiger partial charge in [0.1, 0.15) is 5.70 Å². The summed E-state index contributed by atoms with van der Waals surface area (Å²) >= 11 is 0. The van der Waals surface area contributed by atoms with Crippen molar-refractivity contribution in [2.75, 3.05) is 7.11 Å². The van der Waals surface area contributed by atoms with Crippen molar-refractivity contribution in [1.82, 2.24) is 0 Å². The van der Waals surface area contributed by atoms with E-state index in [1.807, 2.05) is 6.92 Å². The number of hydrogen-bond acceptors (Lipinski definition) is 3. The van der Waals surface area contributed by atoms with Gasteiger partial charge in [0.2, 0.25) is 0 Å². The van der Waals surface area contributed by atoms with E-state index in [1.54, 1.807) is 6.21 Å². The molecule has 0 radical (unpaired) electrons. The highest BCUT2D eigenvalue weighted by molar-refractivity contribution is 5.88. The molecule has 0 bridgehead atoms. The first-order chi connectivity index (χ1) is 4.72. The van der Waals surface area contributed by atoms with Crippen molar-refractivity contribution in [2.45, 2.75) is 13.3 Å². The summed E-state index contributed by atoms with van der Waals surface area (Å²) in [5, 5.41) is 0. The summed E-state index contributed by atoms with van der Waals surface area (Å²) in [6.07, 6.45) is 2.40. The molecule has 56 valence electrons. The smallest absolute Gasteiger partial charge is 0.355 e. The normalized spacial score (nSPS) is 9.80. The molecule has 0 spiro atoms. The Morgan fingerprint density at radius 2 is 2.40 bits per heavy atom. The van der Waals surface area contributed by atoms with Gasteiger partial charge in [0.25, 0.3) is 0 Å². The van der Waals surface area contributed by atoms with E-state index in [0.29, 0.717) is 0 Å². The van der Waals surface area contributed by atoms with E-state index in [0.717, 1.165) is 6.42 Å². The van der Waals surface area contributed by atoms with Crippen molar-refractivity contribution < 1.29 is 9.53 Å². The zero-order valence-corrected chi connectivity index (χ0v) is 6.26. The molecule has 0 saturated heterocycles. The van der Waals surface area contributed by atoms with Crippen LogP contribution in [0.3, 0.4) is 0 Å². The highest BCUT2D eigenvalue weighted by Crippen LogP contribution is 1.93. The number of carbonyl (C=O) groups is 1. The number of ether oxygens (including phenoxy) is 1. The van der Waals surface area contributed by atoms with Gasteiger partial charge in [-0.2, -0.15) is 0 Å². The second kappa shape index (κ2) is 4.73. The van der Waals surface area contributed by atoms with Crippen LogP contribution in [0.25, 0.3) is 0 Å². The van der Waals surface area contributed by atoms with Crippen LogP contribution >= 0.6 is 0 Å². The van der Waals surface area contributed by atoms with E-state index in [1.165, 1.54) is 7.11 Å². The molecule has 0 N–H and O–H groups in total. The van der Waals surface area contributed by atoms with Crippen molar-refractivity contribution in [2.24, 2.45) is 4.99 Å². The number of nitrogens with zero attached hydrogens (tertiary/aromatic N) is 1. The zero-order valence-electron chi connectivity index (χ0n) is 6.26. The molecule has 0 fully saturated rings. The van der Waals surface area contributed by atoms with Gasteiger partial charge in [0.15, 0.2) is 0 Å². The first kappa shape index (κ1) is 8.88. The fourth-order valence-electron chi connectivity index (χ4n) is 0.372. The number of aliphatic imine (C=N–C) groups is 1. The van der Waals surface area contributed by atoms with E-state index in [4.69, 9.17) is 0 Å². The summed E-state index contributed by atoms with van der Waals surface area (Å²) in [5.41, 5.74) is 0.143. The van der Waals surface area contributed by atoms with Gasteiger partial charge in [-0.1, -0.05) is 13.5 Å². The molecular weight excluding hydrogens is 130 g/mol. The number of methoxy groups -OCH3 is 1. The lowest BCUT2D eigenvalue weighted by Crippen LogP contribution is -2.01. The van der Waals surface area contributed by atoms with Gasteiger partial charge in [-0.25, -0.2) is 4.79 Å². The number of carbonyl (C=O) groups excluding carboxylic acids is 1. The molecule has 0 aliphatic rings. The van der Waals surface area contributed by atoms with E-state index in [9.17, 15) is 4.79 Å². The molecule has 0 unspecified atom stereocenters. The molecule has 0 atom stereocenters. The quantitative estimate of drug-likeness (QED) is 0.336. The summed E-state index contributed by atoms with van der Waals surface area (Å²) in [6.45, 7) is 5.32. The monoisotopic (exact) mass is 141 g/mol. The Hall–Kier alpha value is -1.12. The third-order valence-corrected chi connectivity index (χ3v) is 0.851. The minimum atomic E-state index is -0.482. The third-order valence-electron chi connectivity index (χ3n) is 0.851. The van der Waals surface area contributed by atoms with E-state index in [-0.39, 0.29) is 5.70 Å². The summed E-state index contributed by atoms with van der Waals surface area (Å²) in [5.74, 6) is -0.482. The molecule has 0 rings (SSSR count). The maximum absolute atomic E-state index is 10.6. The lowest BCUT2D eigenvalue weighted by Gasteiger charge is -1.94. The van der Waals surface area contributed by atoms with Gasteiger partial charge < -0.3 is 4.74 Å². The summed E-state index contributed by atoms with van der Waals surface area (Å²) in [6, 6.07) is 0. The Bertz CT molecular complexity index is 161. The van der Waals surface area contributed by atoms with Gasteiger partial charge in [0.05, 0.1) is 7.11 Å². The van der Waals surface area contributed by atoms with Crippen molar-refractivity contribution >= 4 is 12.2 Å². The van der Waals surface area contributed by atoms with E-state index >= 15 is 0 Å². The first-order valence-electron chi connectivity index (χ1n) is 3.02. The van der Waals surface area contributed by atoms with Crippen LogP contribution in [0.1, 0.15) is 13.3 Å². The minimum Gasteiger partial charge on any atom is -0.464 e. The van der Waals surface area contributed by atoms with Crippen LogP contribution in [0.2, 0.25) is 0 Å². The first-order valence-corrected chi connectivity index (χ1v) is 3.02. The topological polar surface area (TPSA) is 38.7 Å². The maximum atomic E-state index is 10.6. The number of hydrogen-bond donors (Lipinski definition) is 0. The molecule has 0 saturated carbocycles. The van der Waals surface area contributed by atoms with Gasteiger partial charge >= 0.3 is 5.97 Å². The van der Waals surface area contributed by atoms with Crippen molar-refractivity contribution in [3.05, 3.63) is 12.3 Å². The zero-order chi connectivity index (χ0) is 7.98. The molecule has 0 aromatic heterocycles.